The number of hydrogen-bond acceptors (Lipinski definition) is 2. The van der Waals surface area contributed by atoms with E-state index in [1.807, 2.05) is 6.08 Å². The van der Waals surface area contributed by atoms with Crippen LogP contribution in [0.1, 0.15) is 13.8 Å². The van der Waals surface area contributed by atoms with Crippen molar-refractivity contribution in [1.29, 1.82) is 0 Å². The van der Waals surface area contributed by atoms with Gasteiger partial charge in [0, 0.05) is 5.70 Å². The number of allylic oxidation sites excluding steroid dienone is 3. The summed E-state index contributed by atoms with van der Waals surface area (Å²) in [5.74, 6) is 5.63. The van der Waals surface area contributed by atoms with E-state index >= 15 is 0 Å². The molecule has 2 nitrogen and oxygen atoms in total. The Morgan fingerprint density at radius 2 is 2.22 bits per heavy atom. The molecular formula is C7H14N2. The van der Waals surface area contributed by atoms with Crippen LogP contribution in [0, 0.1) is 5.92 Å². The molecular weight excluding hydrogens is 112 g/mol. The molecule has 0 saturated heterocycles. The molecule has 0 radical (unpaired) electrons. The Labute approximate surface area is 56.4 Å². The van der Waals surface area contributed by atoms with Gasteiger partial charge in [0.2, 0.25) is 0 Å². The molecule has 2 heteroatoms. The highest BCUT2D eigenvalue weighted by Gasteiger charge is 1.96. The maximum Gasteiger partial charge on any atom is 0.0284 e. The summed E-state index contributed by atoms with van der Waals surface area (Å²) in [6.45, 7) is 7.69. The average molecular weight is 126 g/mol. The Morgan fingerprint density at radius 3 is 2.33 bits per heavy atom. The van der Waals surface area contributed by atoms with Gasteiger partial charge in [-0.25, -0.2) is 0 Å². The van der Waals surface area contributed by atoms with Crippen molar-refractivity contribution in [3.05, 3.63) is 24.4 Å². The fraction of sp³-hybridized carbons (Fsp3) is 0.429. The lowest BCUT2D eigenvalue weighted by molar-refractivity contribution is 0.672. The van der Waals surface area contributed by atoms with Crippen LogP contribution in [0.2, 0.25) is 0 Å². The van der Waals surface area contributed by atoms with E-state index in [0.717, 1.165) is 5.70 Å². The second kappa shape index (κ2) is 4.15. The highest BCUT2D eigenvalue weighted by Crippen LogP contribution is 2.02. The lowest BCUT2D eigenvalue weighted by atomic mass is 10.1. The molecule has 0 amide bonds. The van der Waals surface area contributed by atoms with Gasteiger partial charge in [-0.3, -0.25) is 5.84 Å². The molecule has 0 aromatic rings. The molecule has 0 unspecified atom stereocenters. The van der Waals surface area contributed by atoms with Crippen molar-refractivity contribution < 1.29 is 0 Å². The zero-order valence-electron chi connectivity index (χ0n) is 6.02. The zero-order valence-corrected chi connectivity index (χ0v) is 6.02. The molecule has 0 atom stereocenters. The number of nitrogens with one attached hydrogen (secondary N) is 1. The average Bonchev–Trinajstić information content (AvgIpc) is 1.82. The number of nitrogens with two attached hydrogens (primary N) is 1. The summed E-state index contributed by atoms with van der Waals surface area (Å²) in [7, 11) is 0. The topological polar surface area (TPSA) is 38.0 Å². The monoisotopic (exact) mass is 126 g/mol. The van der Waals surface area contributed by atoms with E-state index in [9.17, 15) is 0 Å². The maximum absolute atomic E-state index is 5.19. The molecule has 0 saturated carbocycles. The number of hydrogen-bond donors (Lipinski definition) is 2. The minimum absolute atomic E-state index is 0.438. The minimum atomic E-state index is 0.438. The van der Waals surface area contributed by atoms with E-state index in [1.165, 1.54) is 0 Å². The van der Waals surface area contributed by atoms with Crippen LogP contribution in [0.25, 0.3) is 0 Å². The lowest BCUT2D eigenvalue weighted by Gasteiger charge is -2.07. The van der Waals surface area contributed by atoms with Gasteiger partial charge in [-0.1, -0.05) is 26.5 Å². The highest BCUT2D eigenvalue weighted by atomic mass is 15.2. The van der Waals surface area contributed by atoms with Crippen molar-refractivity contribution in [1.82, 2.24) is 5.43 Å². The van der Waals surface area contributed by atoms with E-state index in [4.69, 9.17) is 5.84 Å². The SMILES string of the molecule is C=C/C=C(\NN)C(C)C. The molecule has 0 fully saturated rings. The van der Waals surface area contributed by atoms with Gasteiger partial charge in [0.05, 0.1) is 0 Å². The van der Waals surface area contributed by atoms with E-state index < -0.39 is 0 Å². The van der Waals surface area contributed by atoms with Gasteiger partial charge in [-0.15, -0.1) is 0 Å². The summed E-state index contributed by atoms with van der Waals surface area (Å²) in [5.41, 5.74) is 3.60. The van der Waals surface area contributed by atoms with Crippen LogP contribution in [0.15, 0.2) is 24.4 Å². The van der Waals surface area contributed by atoms with Crippen LogP contribution in [-0.4, -0.2) is 0 Å². The third-order valence-electron chi connectivity index (χ3n) is 1.09. The summed E-state index contributed by atoms with van der Waals surface area (Å²) >= 11 is 0. The molecule has 0 heterocycles. The van der Waals surface area contributed by atoms with Crippen LogP contribution >= 0.6 is 0 Å². The van der Waals surface area contributed by atoms with Gasteiger partial charge in [-0.05, 0) is 12.0 Å². The predicted octanol–water partition coefficient (Wildman–Crippen LogP) is 1.18. The van der Waals surface area contributed by atoms with E-state index in [1.54, 1.807) is 6.08 Å². The van der Waals surface area contributed by atoms with Crippen molar-refractivity contribution in [3.8, 4) is 0 Å². The molecule has 0 bridgehead atoms. The summed E-state index contributed by atoms with van der Waals surface area (Å²) in [6, 6.07) is 0. The smallest absolute Gasteiger partial charge is 0.0284 e. The van der Waals surface area contributed by atoms with Crippen LogP contribution in [0.5, 0.6) is 0 Å². The molecule has 0 aliphatic rings. The quantitative estimate of drug-likeness (QED) is 0.338. The van der Waals surface area contributed by atoms with Gasteiger partial charge in [0.25, 0.3) is 0 Å². The van der Waals surface area contributed by atoms with Crippen molar-refractivity contribution in [3.63, 3.8) is 0 Å². The molecule has 0 aromatic heterocycles. The second-order valence-electron chi connectivity index (χ2n) is 2.16. The van der Waals surface area contributed by atoms with Crippen LogP contribution in [0.4, 0.5) is 0 Å². The Hall–Kier alpha value is -0.760. The fourth-order valence-electron chi connectivity index (χ4n) is 0.534. The number of hydrazine groups is 1. The summed E-state index contributed by atoms with van der Waals surface area (Å²) in [6.07, 6.45) is 3.58. The molecule has 0 spiro atoms. The molecule has 0 aromatic carbocycles. The van der Waals surface area contributed by atoms with Gasteiger partial charge >= 0.3 is 0 Å². The first kappa shape index (κ1) is 8.24. The molecule has 0 rings (SSSR count). The highest BCUT2D eigenvalue weighted by molar-refractivity contribution is 5.09. The fourth-order valence-corrected chi connectivity index (χ4v) is 0.534. The van der Waals surface area contributed by atoms with Gasteiger partial charge in [-0.2, -0.15) is 0 Å². The van der Waals surface area contributed by atoms with Gasteiger partial charge < -0.3 is 5.43 Å². The van der Waals surface area contributed by atoms with E-state index in [-0.39, 0.29) is 0 Å². The summed E-state index contributed by atoms with van der Waals surface area (Å²) in [5, 5.41) is 0. The lowest BCUT2D eigenvalue weighted by Crippen LogP contribution is -2.24. The molecule has 3 N–H and O–H groups in total. The first-order valence-corrected chi connectivity index (χ1v) is 3.01. The van der Waals surface area contributed by atoms with Gasteiger partial charge in [0.1, 0.15) is 0 Å². The Kier molecular flexibility index (Phi) is 3.80. The van der Waals surface area contributed by atoms with E-state index in [0.29, 0.717) is 5.92 Å². The van der Waals surface area contributed by atoms with Crippen molar-refractivity contribution in [2.75, 3.05) is 0 Å². The minimum Gasteiger partial charge on any atom is -0.328 e. The van der Waals surface area contributed by atoms with Crippen LogP contribution in [0.3, 0.4) is 0 Å². The predicted molar refractivity (Wildman–Crippen MR) is 40.4 cm³/mol. The molecule has 0 aliphatic heterocycles. The third kappa shape index (κ3) is 2.93. The first-order valence-electron chi connectivity index (χ1n) is 3.01. The third-order valence-corrected chi connectivity index (χ3v) is 1.09. The molecule has 9 heavy (non-hydrogen) atoms. The van der Waals surface area contributed by atoms with Crippen molar-refractivity contribution in [2.24, 2.45) is 11.8 Å². The van der Waals surface area contributed by atoms with E-state index in [2.05, 4.69) is 25.9 Å². The second-order valence-corrected chi connectivity index (χ2v) is 2.16. The van der Waals surface area contributed by atoms with Crippen LogP contribution < -0.4 is 11.3 Å². The van der Waals surface area contributed by atoms with Crippen LogP contribution in [-0.2, 0) is 0 Å². The number of rotatable bonds is 3. The standard InChI is InChI=1S/C7H14N2/c1-4-5-7(9-8)6(2)3/h4-6,9H,1,8H2,2-3H3/b7-5-. The molecule has 0 aliphatic carbocycles. The zero-order chi connectivity index (χ0) is 7.28. The normalized spacial score (nSPS) is 11.8. The summed E-state index contributed by atoms with van der Waals surface area (Å²) < 4.78 is 0. The maximum atomic E-state index is 5.19. The first-order chi connectivity index (χ1) is 4.22. The van der Waals surface area contributed by atoms with Crippen molar-refractivity contribution in [2.45, 2.75) is 13.8 Å². The summed E-state index contributed by atoms with van der Waals surface area (Å²) in [4.78, 5) is 0. The Balaban J connectivity index is 3.96. The molecule has 52 valence electrons. The largest absolute Gasteiger partial charge is 0.328 e. The van der Waals surface area contributed by atoms with Gasteiger partial charge in [0.15, 0.2) is 0 Å². The Morgan fingerprint density at radius 1 is 1.67 bits per heavy atom. The Bertz CT molecular complexity index is 114. The van der Waals surface area contributed by atoms with Crippen molar-refractivity contribution >= 4 is 0 Å².